The molecule has 4 nitrogen and oxygen atoms in total. The number of likely N-dealkylation sites (N-methyl/N-ethyl adjacent to an activating group) is 1. The normalized spacial score (nSPS) is 14.4. The highest BCUT2D eigenvalue weighted by atomic mass is 32.1. The Morgan fingerprint density at radius 3 is 2.74 bits per heavy atom. The van der Waals surface area contributed by atoms with Gasteiger partial charge in [-0.05, 0) is 42.8 Å². The summed E-state index contributed by atoms with van der Waals surface area (Å²) in [5.41, 5.74) is 4.04. The number of halogens is 1. The van der Waals surface area contributed by atoms with Crippen molar-refractivity contribution in [1.29, 1.82) is 0 Å². The van der Waals surface area contributed by atoms with Crippen LogP contribution in [0, 0.1) is 5.82 Å². The van der Waals surface area contributed by atoms with E-state index in [2.05, 4.69) is 40.3 Å². The summed E-state index contributed by atoms with van der Waals surface area (Å²) in [4.78, 5) is 13.3. The first-order valence-electron chi connectivity index (χ1n) is 10.2. The molecule has 0 fully saturated rings. The second-order valence-corrected chi connectivity index (χ2v) is 10.7. The summed E-state index contributed by atoms with van der Waals surface area (Å²) in [5.74, 6) is -0.280. The van der Waals surface area contributed by atoms with Crippen LogP contribution in [-0.2, 0) is 13.0 Å². The number of hydrogen-bond acceptors (Lipinski definition) is 7. The number of nitrogens with zero attached hydrogens (tertiary/aromatic N) is 3. The van der Waals surface area contributed by atoms with Crippen molar-refractivity contribution in [1.82, 2.24) is 14.9 Å². The van der Waals surface area contributed by atoms with Crippen molar-refractivity contribution in [2.24, 2.45) is 0 Å². The van der Waals surface area contributed by atoms with Crippen LogP contribution in [0.2, 0.25) is 0 Å². The van der Waals surface area contributed by atoms with Gasteiger partial charge in [0, 0.05) is 23.5 Å². The summed E-state index contributed by atoms with van der Waals surface area (Å²) in [6, 6.07) is 13.4. The molecule has 0 bridgehead atoms. The van der Waals surface area contributed by atoms with Gasteiger partial charge < -0.3 is 5.32 Å². The summed E-state index contributed by atoms with van der Waals surface area (Å²) < 4.78 is 16.2. The predicted molar refractivity (Wildman–Crippen MR) is 130 cm³/mol. The van der Waals surface area contributed by atoms with E-state index in [0.29, 0.717) is 10.6 Å². The van der Waals surface area contributed by atoms with E-state index in [9.17, 15) is 4.39 Å². The van der Waals surface area contributed by atoms with Crippen LogP contribution in [0.4, 0.5) is 14.5 Å². The van der Waals surface area contributed by atoms with Crippen LogP contribution in [0.5, 0.6) is 0 Å². The molecule has 31 heavy (non-hydrogen) atoms. The van der Waals surface area contributed by atoms with Crippen molar-refractivity contribution >= 4 is 64.6 Å². The molecule has 0 aliphatic carbocycles. The van der Waals surface area contributed by atoms with Crippen LogP contribution in [0.25, 0.3) is 31.0 Å². The third kappa shape index (κ3) is 3.34. The topological polar surface area (TPSA) is 41.0 Å². The Kier molecular flexibility index (Phi) is 4.75. The van der Waals surface area contributed by atoms with Crippen LogP contribution < -0.4 is 5.32 Å². The van der Waals surface area contributed by atoms with E-state index in [1.807, 2.05) is 12.1 Å². The quantitative estimate of drug-likeness (QED) is 0.313. The van der Waals surface area contributed by atoms with Crippen LogP contribution in [0.1, 0.15) is 17.4 Å². The first-order chi connectivity index (χ1) is 15.2. The predicted octanol–water partition coefficient (Wildman–Crippen LogP) is 6.90. The van der Waals surface area contributed by atoms with Gasteiger partial charge in [-0.25, -0.2) is 14.4 Å². The summed E-state index contributed by atoms with van der Waals surface area (Å²) >= 11 is 5.00. The zero-order chi connectivity index (χ0) is 20.9. The molecule has 0 saturated heterocycles. The zero-order valence-electron chi connectivity index (χ0n) is 16.8. The Bertz CT molecular complexity index is 1380. The number of hydrogen-bond donors (Lipinski definition) is 1. The number of thiophene rings is 1. The summed E-state index contributed by atoms with van der Waals surface area (Å²) in [5, 5.41) is 6.34. The summed E-state index contributed by atoms with van der Waals surface area (Å²) in [7, 11) is 0. The van der Waals surface area contributed by atoms with Crippen LogP contribution in [0.15, 0.2) is 42.5 Å². The summed E-state index contributed by atoms with van der Waals surface area (Å²) in [6.45, 7) is 5.28. The smallest absolute Gasteiger partial charge is 0.189 e. The van der Waals surface area contributed by atoms with Gasteiger partial charge in [-0.3, -0.25) is 4.90 Å². The first-order valence-corrected chi connectivity index (χ1v) is 12.7. The third-order valence-corrected chi connectivity index (χ3v) is 8.80. The zero-order valence-corrected chi connectivity index (χ0v) is 19.3. The van der Waals surface area contributed by atoms with Crippen LogP contribution in [-0.4, -0.2) is 28.0 Å². The average molecular weight is 467 g/mol. The van der Waals surface area contributed by atoms with Gasteiger partial charge in [0.25, 0.3) is 0 Å². The minimum Gasteiger partial charge on any atom is -0.323 e. The van der Waals surface area contributed by atoms with Gasteiger partial charge in [-0.2, -0.15) is 0 Å². The lowest BCUT2D eigenvalue weighted by Gasteiger charge is -2.25. The maximum Gasteiger partial charge on any atom is 0.189 e. The van der Waals surface area contributed by atoms with Gasteiger partial charge in [0.1, 0.15) is 21.3 Å². The van der Waals surface area contributed by atoms with E-state index in [1.165, 1.54) is 38.1 Å². The van der Waals surface area contributed by atoms with E-state index in [4.69, 9.17) is 4.98 Å². The highest BCUT2D eigenvalue weighted by molar-refractivity contribution is 7.24. The minimum absolute atomic E-state index is 0.280. The number of aromatic nitrogens is 2. The fourth-order valence-electron chi connectivity index (χ4n) is 4.09. The maximum atomic E-state index is 14.2. The molecule has 8 heteroatoms. The van der Waals surface area contributed by atoms with Crippen molar-refractivity contribution in [3.05, 3.63) is 58.7 Å². The summed E-state index contributed by atoms with van der Waals surface area (Å²) in [6.07, 6.45) is 1.01. The maximum absolute atomic E-state index is 14.2. The molecule has 156 valence electrons. The monoisotopic (exact) mass is 466 g/mol. The lowest BCUT2D eigenvalue weighted by atomic mass is 10.0. The largest absolute Gasteiger partial charge is 0.323 e. The molecule has 1 N–H and O–H groups in total. The van der Waals surface area contributed by atoms with E-state index < -0.39 is 0 Å². The van der Waals surface area contributed by atoms with Gasteiger partial charge in [-0.1, -0.05) is 36.5 Å². The van der Waals surface area contributed by atoms with Crippen LogP contribution >= 0.6 is 34.0 Å². The van der Waals surface area contributed by atoms with Gasteiger partial charge in [0.15, 0.2) is 5.13 Å². The second kappa shape index (κ2) is 7.63. The average Bonchev–Trinajstić information content (AvgIpc) is 3.47. The highest BCUT2D eigenvalue weighted by Gasteiger charge is 2.27. The van der Waals surface area contributed by atoms with Crippen molar-refractivity contribution in [2.45, 2.75) is 19.9 Å². The number of fused-ring (bicyclic) bond motifs is 3. The number of anilines is 2. The van der Waals surface area contributed by atoms with Crippen LogP contribution in [0.3, 0.4) is 0 Å². The molecule has 0 atom stereocenters. The molecule has 1 aliphatic rings. The number of para-hydroxylation sites is 2. The molecule has 0 radical (unpaired) electrons. The van der Waals surface area contributed by atoms with E-state index >= 15 is 0 Å². The molecule has 3 aromatic heterocycles. The number of rotatable bonds is 4. The molecule has 4 heterocycles. The van der Waals surface area contributed by atoms with E-state index in [-0.39, 0.29) is 5.82 Å². The van der Waals surface area contributed by atoms with Gasteiger partial charge >= 0.3 is 0 Å². The van der Waals surface area contributed by atoms with Crippen molar-refractivity contribution in [3.8, 4) is 10.6 Å². The number of benzene rings is 2. The molecular weight excluding hydrogens is 447 g/mol. The molecule has 0 saturated carbocycles. The molecule has 1 aliphatic heterocycles. The highest BCUT2D eigenvalue weighted by Crippen LogP contribution is 2.47. The fourth-order valence-corrected chi connectivity index (χ4v) is 7.43. The fraction of sp³-hybridized carbons (Fsp3) is 0.217. The molecule has 2 aromatic carbocycles. The second-order valence-electron chi connectivity index (χ2n) is 7.54. The van der Waals surface area contributed by atoms with E-state index in [0.717, 1.165) is 46.3 Å². The van der Waals surface area contributed by atoms with Gasteiger partial charge in [-0.15, -0.1) is 22.7 Å². The van der Waals surface area contributed by atoms with Gasteiger partial charge in [0.05, 0.1) is 14.9 Å². The number of thiazole rings is 2. The Morgan fingerprint density at radius 2 is 1.90 bits per heavy atom. The SMILES string of the molecule is CCN1CCc2c(sc(Nc3nc4c(F)cccc4s3)c2-c2nc3ccccc3s2)C1. The van der Waals surface area contributed by atoms with Crippen molar-refractivity contribution in [3.63, 3.8) is 0 Å². The molecule has 0 unspecified atom stereocenters. The van der Waals surface area contributed by atoms with Gasteiger partial charge in [0.2, 0.25) is 0 Å². The molecule has 5 aromatic rings. The number of nitrogens with one attached hydrogen (secondary N) is 1. The lowest BCUT2D eigenvalue weighted by Crippen LogP contribution is -2.29. The molecular formula is C23H19FN4S3. The van der Waals surface area contributed by atoms with Crippen molar-refractivity contribution in [2.75, 3.05) is 18.4 Å². The standard InChI is InChI=1S/C23H19FN4S3/c1-2-28-11-10-13-18(12-28)30-22(19(13)21-25-15-7-3-4-8-16(15)29-21)27-23-26-20-14(24)6-5-9-17(20)31-23/h3-9H,2,10-12H2,1H3,(H,26,27). The first kappa shape index (κ1) is 19.3. The minimum atomic E-state index is -0.280. The Hall–Kier alpha value is -2.39. The van der Waals surface area contributed by atoms with Crippen molar-refractivity contribution < 1.29 is 4.39 Å². The Labute approximate surface area is 191 Å². The third-order valence-electron chi connectivity index (χ3n) is 5.68. The molecule has 6 rings (SSSR count). The Balaban J connectivity index is 1.48. The molecule has 0 amide bonds. The molecule has 0 spiro atoms. The Morgan fingerprint density at radius 1 is 1.03 bits per heavy atom. The van der Waals surface area contributed by atoms with E-state index in [1.54, 1.807) is 28.7 Å². The lowest BCUT2D eigenvalue weighted by molar-refractivity contribution is 0.272.